The van der Waals surface area contributed by atoms with Crippen LogP contribution < -0.4 is 5.32 Å². The molecule has 1 aromatic rings. The van der Waals surface area contributed by atoms with Gasteiger partial charge in [-0.25, -0.2) is 0 Å². The third-order valence-electron chi connectivity index (χ3n) is 2.10. The molecule has 0 aromatic carbocycles. The van der Waals surface area contributed by atoms with Crippen LogP contribution in [-0.2, 0) is 0 Å². The van der Waals surface area contributed by atoms with Crippen LogP contribution in [0.3, 0.4) is 0 Å². The molecular formula is C10H14ClN3OS. The summed E-state index contributed by atoms with van der Waals surface area (Å²) in [4.78, 5) is 11.6. The summed E-state index contributed by atoms with van der Waals surface area (Å²) >= 11 is 7.35. The van der Waals surface area contributed by atoms with Crippen molar-refractivity contribution in [2.24, 2.45) is 0 Å². The van der Waals surface area contributed by atoms with Crippen LogP contribution in [0.15, 0.2) is 12.1 Å². The van der Waals surface area contributed by atoms with Crippen LogP contribution in [0.4, 0.5) is 0 Å². The van der Waals surface area contributed by atoms with E-state index < -0.39 is 0 Å². The molecule has 0 bridgehead atoms. The fourth-order valence-corrected chi connectivity index (χ4v) is 1.49. The lowest BCUT2D eigenvalue weighted by atomic mass is 10.3. The van der Waals surface area contributed by atoms with Crippen LogP contribution in [0.25, 0.3) is 0 Å². The number of hydrogen-bond donors (Lipinski definition) is 1. The van der Waals surface area contributed by atoms with E-state index in [0.29, 0.717) is 17.5 Å². The number of amides is 1. The minimum atomic E-state index is -0.211. The first kappa shape index (κ1) is 13.3. The van der Waals surface area contributed by atoms with Crippen molar-refractivity contribution in [2.45, 2.75) is 18.6 Å². The molecule has 0 spiro atoms. The summed E-state index contributed by atoms with van der Waals surface area (Å²) < 4.78 is 0. The highest BCUT2D eigenvalue weighted by Crippen LogP contribution is 2.08. The highest BCUT2D eigenvalue weighted by molar-refractivity contribution is 7.99. The molecule has 88 valence electrons. The fourth-order valence-electron chi connectivity index (χ4n) is 1.03. The molecule has 1 heterocycles. The average molecular weight is 260 g/mol. The molecule has 0 aliphatic heterocycles. The van der Waals surface area contributed by atoms with Gasteiger partial charge in [-0.3, -0.25) is 4.79 Å². The molecule has 0 aliphatic rings. The van der Waals surface area contributed by atoms with Gasteiger partial charge in [-0.05, 0) is 24.8 Å². The van der Waals surface area contributed by atoms with Crippen LogP contribution in [0.2, 0.25) is 5.15 Å². The monoisotopic (exact) mass is 259 g/mol. The summed E-state index contributed by atoms with van der Waals surface area (Å²) in [7, 11) is 0. The lowest BCUT2D eigenvalue weighted by Crippen LogP contribution is -2.27. The van der Waals surface area contributed by atoms with E-state index >= 15 is 0 Å². The number of carbonyl (C=O) groups excluding carboxylic acids is 1. The number of nitrogens with zero attached hydrogens (tertiary/aromatic N) is 2. The molecule has 1 atom stereocenters. The Balaban J connectivity index is 2.38. The van der Waals surface area contributed by atoms with Crippen molar-refractivity contribution in [3.8, 4) is 0 Å². The average Bonchev–Trinajstić information content (AvgIpc) is 2.29. The smallest absolute Gasteiger partial charge is 0.271 e. The Labute approximate surface area is 104 Å². The Hall–Kier alpha value is -0.810. The molecular weight excluding hydrogens is 246 g/mol. The number of thioether (sulfide) groups is 1. The predicted molar refractivity (Wildman–Crippen MR) is 67.0 cm³/mol. The maximum absolute atomic E-state index is 11.6. The zero-order chi connectivity index (χ0) is 12.0. The maximum Gasteiger partial charge on any atom is 0.271 e. The second-order valence-electron chi connectivity index (χ2n) is 3.33. The van der Waals surface area contributed by atoms with E-state index in [1.54, 1.807) is 23.9 Å². The van der Waals surface area contributed by atoms with Crippen LogP contribution in [0.5, 0.6) is 0 Å². The number of rotatable bonds is 5. The predicted octanol–water partition coefficient (Wildman–Crippen LogP) is 2.00. The van der Waals surface area contributed by atoms with Crippen molar-refractivity contribution < 1.29 is 4.79 Å². The number of nitrogens with one attached hydrogen (secondary N) is 1. The Kier molecular flexibility index (Phi) is 5.55. The van der Waals surface area contributed by atoms with Gasteiger partial charge in [-0.15, -0.1) is 10.2 Å². The van der Waals surface area contributed by atoms with E-state index in [1.807, 2.05) is 0 Å². The van der Waals surface area contributed by atoms with Gasteiger partial charge in [-0.1, -0.05) is 18.5 Å². The lowest BCUT2D eigenvalue weighted by Gasteiger charge is -2.08. The molecule has 6 heteroatoms. The van der Waals surface area contributed by atoms with Gasteiger partial charge >= 0.3 is 0 Å². The van der Waals surface area contributed by atoms with Crippen molar-refractivity contribution in [3.05, 3.63) is 23.0 Å². The second kappa shape index (κ2) is 6.70. The van der Waals surface area contributed by atoms with Crippen LogP contribution in [0.1, 0.15) is 23.8 Å². The Bertz CT molecular complexity index is 344. The van der Waals surface area contributed by atoms with Gasteiger partial charge in [0.25, 0.3) is 5.91 Å². The van der Waals surface area contributed by atoms with E-state index in [0.717, 1.165) is 6.42 Å². The zero-order valence-corrected chi connectivity index (χ0v) is 10.8. The molecule has 1 unspecified atom stereocenters. The lowest BCUT2D eigenvalue weighted by molar-refractivity contribution is 0.0947. The van der Waals surface area contributed by atoms with Gasteiger partial charge in [0.1, 0.15) is 0 Å². The summed E-state index contributed by atoms with van der Waals surface area (Å²) in [5.74, 6) is -0.211. The summed E-state index contributed by atoms with van der Waals surface area (Å²) in [5, 5.41) is 10.9. The number of halogens is 1. The van der Waals surface area contributed by atoms with Crippen molar-refractivity contribution >= 4 is 29.3 Å². The molecule has 16 heavy (non-hydrogen) atoms. The molecule has 0 radical (unpaired) electrons. The number of aromatic nitrogens is 2. The summed E-state index contributed by atoms with van der Waals surface area (Å²) in [5.41, 5.74) is 0.293. The Morgan fingerprint density at radius 2 is 2.31 bits per heavy atom. The topological polar surface area (TPSA) is 54.9 Å². The molecule has 1 N–H and O–H groups in total. The van der Waals surface area contributed by atoms with E-state index in [2.05, 4.69) is 28.7 Å². The molecule has 0 saturated carbocycles. The molecule has 1 rings (SSSR count). The number of hydrogen-bond acceptors (Lipinski definition) is 4. The standard InChI is InChI=1S/C10H14ClN3OS/c1-7(16-2)5-6-12-10(15)8-3-4-9(11)14-13-8/h3-4,7H,5-6H2,1-2H3,(H,12,15). The minimum absolute atomic E-state index is 0.211. The first-order valence-corrected chi connectivity index (χ1v) is 6.60. The van der Waals surface area contributed by atoms with Crippen molar-refractivity contribution in [1.82, 2.24) is 15.5 Å². The van der Waals surface area contributed by atoms with Gasteiger partial charge < -0.3 is 5.32 Å². The maximum atomic E-state index is 11.6. The van der Waals surface area contributed by atoms with Gasteiger partial charge in [0.05, 0.1) is 0 Å². The van der Waals surface area contributed by atoms with Gasteiger partial charge in [-0.2, -0.15) is 11.8 Å². The van der Waals surface area contributed by atoms with E-state index in [4.69, 9.17) is 11.6 Å². The SMILES string of the molecule is CSC(C)CCNC(=O)c1ccc(Cl)nn1. The Morgan fingerprint density at radius 1 is 1.56 bits per heavy atom. The quantitative estimate of drug-likeness (QED) is 0.879. The van der Waals surface area contributed by atoms with Crippen LogP contribution >= 0.6 is 23.4 Å². The van der Waals surface area contributed by atoms with Gasteiger partial charge in [0.15, 0.2) is 10.8 Å². The first-order chi connectivity index (χ1) is 7.63. The molecule has 1 amide bonds. The third kappa shape index (κ3) is 4.37. The molecule has 4 nitrogen and oxygen atoms in total. The first-order valence-electron chi connectivity index (χ1n) is 4.93. The second-order valence-corrected chi connectivity index (χ2v) is 5.00. The molecule has 1 aromatic heterocycles. The summed E-state index contributed by atoms with van der Waals surface area (Å²) in [6.45, 7) is 2.77. The number of carbonyl (C=O) groups is 1. The van der Waals surface area contributed by atoms with E-state index in [9.17, 15) is 4.79 Å². The normalized spacial score (nSPS) is 12.2. The fraction of sp³-hybridized carbons (Fsp3) is 0.500. The van der Waals surface area contributed by atoms with E-state index in [-0.39, 0.29) is 11.1 Å². The molecule has 0 saturated heterocycles. The summed E-state index contributed by atoms with van der Waals surface area (Å²) in [6.07, 6.45) is 2.99. The van der Waals surface area contributed by atoms with Crippen molar-refractivity contribution in [3.63, 3.8) is 0 Å². The Morgan fingerprint density at radius 3 is 2.88 bits per heavy atom. The van der Waals surface area contributed by atoms with Crippen molar-refractivity contribution in [2.75, 3.05) is 12.8 Å². The van der Waals surface area contributed by atoms with Crippen molar-refractivity contribution in [1.29, 1.82) is 0 Å². The largest absolute Gasteiger partial charge is 0.351 e. The van der Waals surface area contributed by atoms with Crippen LogP contribution in [-0.4, -0.2) is 34.2 Å². The molecule has 0 fully saturated rings. The third-order valence-corrected chi connectivity index (χ3v) is 3.35. The van der Waals surface area contributed by atoms with Crippen LogP contribution in [0, 0.1) is 0 Å². The minimum Gasteiger partial charge on any atom is -0.351 e. The molecule has 0 aliphatic carbocycles. The van der Waals surface area contributed by atoms with E-state index in [1.165, 1.54) is 0 Å². The highest BCUT2D eigenvalue weighted by atomic mass is 35.5. The zero-order valence-electron chi connectivity index (χ0n) is 9.24. The highest BCUT2D eigenvalue weighted by Gasteiger charge is 2.07. The van der Waals surface area contributed by atoms with Gasteiger partial charge in [0, 0.05) is 11.8 Å². The van der Waals surface area contributed by atoms with Gasteiger partial charge in [0.2, 0.25) is 0 Å². The summed E-state index contributed by atoms with van der Waals surface area (Å²) in [6, 6.07) is 3.11.